The predicted molar refractivity (Wildman–Crippen MR) is 109 cm³/mol. The monoisotopic (exact) mass is 465 g/mol. The molecule has 3 rings (SSSR count). The molecule has 1 saturated heterocycles. The van der Waals surface area contributed by atoms with Crippen LogP contribution in [0.15, 0.2) is 34.2 Å². The van der Waals surface area contributed by atoms with E-state index in [2.05, 4.69) is 36.8 Å². The molecule has 148 valence electrons. The van der Waals surface area contributed by atoms with Crippen molar-refractivity contribution in [3.05, 3.63) is 39.8 Å². The Morgan fingerprint density at radius 3 is 2.54 bits per heavy atom. The molecule has 0 spiro atoms. The van der Waals surface area contributed by atoms with Gasteiger partial charge in [-0.05, 0) is 37.1 Å². The van der Waals surface area contributed by atoms with E-state index in [0.29, 0.717) is 36.6 Å². The third kappa shape index (κ3) is 5.59. The number of piperidine rings is 1. The fraction of sp³-hybridized carbons (Fsp3) is 0.389. The summed E-state index contributed by atoms with van der Waals surface area (Å²) >= 11 is 4.60. The van der Waals surface area contributed by atoms with Crippen molar-refractivity contribution >= 4 is 50.1 Å². The first-order valence-electron chi connectivity index (χ1n) is 8.91. The molecule has 2 heterocycles. The molecule has 8 nitrogen and oxygen atoms in total. The second-order valence-corrected chi connectivity index (χ2v) is 8.15. The topological polar surface area (TPSA) is 104 Å². The van der Waals surface area contributed by atoms with Crippen LogP contribution in [0.1, 0.15) is 29.6 Å². The highest BCUT2D eigenvalue weighted by Gasteiger charge is 2.27. The lowest BCUT2D eigenvalue weighted by Gasteiger charge is -2.31. The van der Waals surface area contributed by atoms with Gasteiger partial charge in [0.1, 0.15) is 5.51 Å². The zero-order valence-electron chi connectivity index (χ0n) is 15.1. The van der Waals surface area contributed by atoms with E-state index in [-0.39, 0.29) is 36.6 Å². The van der Waals surface area contributed by atoms with Gasteiger partial charge in [-0.3, -0.25) is 14.4 Å². The standard InChI is InChI=1S/C18H20BrN5O3S/c19-14-3-1-12(2-4-14)16(26)20-8-5-15(25)24-9-6-13(7-10-24)17(27)22-18-23-21-11-28-18/h1-4,11,13H,5-10H2,(H,20,26)(H,22,23,27). The summed E-state index contributed by atoms with van der Waals surface area (Å²) in [5, 5.41) is 13.5. The van der Waals surface area contributed by atoms with Gasteiger partial charge in [0.15, 0.2) is 0 Å². The van der Waals surface area contributed by atoms with Crippen molar-refractivity contribution in [1.29, 1.82) is 0 Å². The Kier molecular flexibility index (Phi) is 7.10. The predicted octanol–water partition coefficient (Wildman–Crippen LogP) is 2.30. The van der Waals surface area contributed by atoms with Crippen molar-refractivity contribution in [3.63, 3.8) is 0 Å². The number of amides is 3. The molecule has 1 fully saturated rings. The summed E-state index contributed by atoms with van der Waals surface area (Å²) in [4.78, 5) is 38.4. The number of halogens is 1. The van der Waals surface area contributed by atoms with Gasteiger partial charge in [0.05, 0.1) is 0 Å². The molecule has 2 N–H and O–H groups in total. The number of aromatic nitrogens is 2. The Morgan fingerprint density at radius 2 is 1.89 bits per heavy atom. The summed E-state index contributed by atoms with van der Waals surface area (Å²) in [6.45, 7) is 1.35. The normalized spacial score (nSPS) is 14.5. The van der Waals surface area contributed by atoms with Gasteiger partial charge in [0.25, 0.3) is 5.91 Å². The molecule has 0 aliphatic carbocycles. The van der Waals surface area contributed by atoms with Gasteiger partial charge in [-0.1, -0.05) is 27.3 Å². The number of carbonyl (C=O) groups is 3. The number of likely N-dealkylation sites (tertiary alicyclic amines) is 1. The van der Waals surface area contributed by atoms with Crippen LogP contribution in [-0.4, -0.2) is 52.5 Å². The van der Waals surface area contributed by atoms with Crippen LogP contribution in [0, 0.1) is 5.92 Å². The average Bonchev–Trinajstić information content (AvgIpc) is 3.21. The van der Waals surface area contributed by atoms with E-state index < -0.39 is 0 Å². The first-order valence-corrected chi connectivity index (χ1v) is 10.6. The van der Waals surface area contributed by atoms with Gasteiger partial charge < -0.3 is 15.5 Å². The number of benzene rings is 1. The zero-order chi connectivity index (χ0) is 19.9. The molecule has 0 radical (unpaired) electrons. The molecular formula is C18H20BrN5O3S. The summed E-state index contributed by atoms with van der Waals surface area (Å²) in [5.74, 6) is -0.429. The highest BCUT2D eigenvalue weighted by atomic mass is 79.9. The second kappa shape index (κ2) is 9.74. The molecule has 1 aromatic heterocycles. The van der Waals surface area contributed by atoms with Gasteiger partial charge in [-0.2, -0.15) is 0 Å². The maximum Gasteiger partial charge on any atom is 0.251 e. The van der Waals surface area contributed by atoms with E-state index in [4.69, 9.17) is 0 Å². The number of hydrogen-bond acceptors (Lipinski definition) is 6. The van der Waals surface area contributed by atoms with Crippen molar-refractivity contribution in [3.8, 4) is 0 Å². The number of hydrogen-bond donors (Lipinski definition) is 2. The molecule has 28 heavy (non-hydrogen) atoms. The molecule has 0 unspecified atom stereocenters. The first-order chi connectivity index (χ1) is 13.5. The number of nitrogens with zero attached hydrogens (tertiary/aromatic N) is 3. The maximum absolute atomic E-state index is 12.3. The highest BCUT2D eigenvalue weighted by Crippen LogP contribution is 2.20. The van der Waals surface area contributed by atoms with Crippen molar-refractivity contribution < 1.29 is 14.4 Å². The molecule has 1 aromatic carbocycles. The summed E-state index contributed by atoms with van der Waals surface area (Å²) in [6.07, 6.45) is 1.47. The second-order valence-electron chi connectivity index (χ2n) is 6.40. The minimum atomic E-state index is -0.202. The molecule has 1 aliphatic rings. The summed E-state index contributed by atoms with van der Waals surface area (Å²) in [7, 11) is 0. The Bertz CT molecular complexity index is 820. The largest absolute Gasteiger partial charge is 0.352 e. The Hall–Kier alpha value is -2.33. The smallest absolute Gasteiger partial charge is 0.251 e. The highest BCUT2D eigenvalue weighted by molar-refractivity contribution is 9.10. The summed E-state index contributed by atoms with van der Waals surface area (Å²) in [5.41, 5.74) is 2.12. The lowest BCUT2D eigenvalue weighted by atomic mass is 9.96. The lowest BCUT2D eigenvalue weighted by Crippen LogP contribution is -2.42. The van der Waals surface area contributed by atoms with Crippen molar-refractivity contribution in [2.45, 2.75) is 19.3 Å². The Balaban J connectivity index is 1.37. The zero-order valence-corrected chi connectivity index (χ0v) is 17.5. The number of anilines is 1. The third-order valence-corrected chi connectivity index (χ3v) is 5.67. The summed E-state index contributed by atoms with van der Waals surface area (Å²) in [6, 6.07) is 7.04. The van der Waals surface area contributed by atoms with Crippen LogP contribution in [0.3, 0.4) is 0 Å². The maximum atomic E-state index is 12.3. The van der Waals surface area contributed by atoms with Crippen LogP contribution in [0.2, 0.25) is 0 Å². The van der Waals surface area contributed by atoms with Gasteiger partial charge in [-0.15, -0.1) is 10.2 Å². The lowest BCUT2D eigenvalue weighted by molar-refractivity contribution is -0.134. The number of carbonyl (C=O) groups excluding carboxylic acids is 3. The number of rotatable bonds is 6. The molecule has 0 atom stereocenters. The average molecular weight is 466 g/mol. The van der Waals surface area contributed by atoms with E-state index in [1.54, 1.807) is 34.7 Å². The molecule has 3 amide bonds. The minimum absolute atomic E-state index is 0.0147. The van der Waals surface area contributed by atoms with E-state index in [9.17, 15) is 14.4 Å². The van der Waals surface area contributed by atoms with Crippen LogP contribution in [0.5, 0.6) is 0 Å². The van der Waals surface area contributed by atoms with E-state index in [1.165, 1.54) is 11.3 Å². The van der Waals surface area contributed by atoms with Crippen LogP contribution in [0.25, 0.3) is 0 Å². The Morgan fingerprint density at radius 1 is 1.18 bits per heavy atom. The SMILES string of the molecule is O=C(NCCC(=O)N1CCC(C(=O)Nc2nncs2)CC1)c1ccc(Br)cc1. The van der Waals surface area contributed by atoms with Crippen LogP contribution >= 0.6 is 27.3 Å². The van der Waals surface area contributed by atoms with Crippen molar-refractivity contribution in [2.24, 2.45) is 5.92 Å². The molecule has 2 aromatic rings. The van der Waals surface area contributed by atoms with Gasteiger partial charge in [-0.25, -0.2) is 0 Å². The van der Waals surface area contributed by atoms with Crippen LogP contribution < -0.4 is 10.6 Å². The molecule has 0 bridgehead atoms. The van der Waals surface area contributed by atoms with Crippen LogP contribution in [0.4, 0.5) is 5.13 Å². The minimum Gasteiger partial charge on any atom is -0.352 e. The first kappa shape index (κ1) is 20.4. The molecule has 1 aliphatic heterocycles. The van der Waals surface area contributed by atoms with E-state index >= 15 is 0 Å². The van der Waals surface area contributed by atoms with E-state index in [0.717, 1.165) is 4.47 Å². The molecule has 0 saturated carbocycles. The van der Waals surface area contributed by atoms with Crippen molar-refractivity contribution in [2.75, 3.05) is 25.0 Å². The number of nitrogens with one attached hydrogen (secondary N) is 2. The van der Waals surface area contributed by atoms with Crippen molar-refractivity contribution in [1.82, 2.24) is 20.4 Å². The third-order valence-electron chi connectivity index (χ3n) is 4.54. The summed E-state index contributed by atoms with van der Waals surface area (Å²) < 4.78 is 0.902. The van der Waals surface area contributed by atoms with Gasteiger partial charge in [0.2, 0.25) is 16.9 Å². The fourth-order valence-electron chi connectivity index (χ4n) is 2.97. The van der Waals surface area contributed by atoms with E-state index in [1.807, 2.05) is 0 Å². The van der Waals surface area contributed by atoms with Gasteiger partial charge in [0, 0.05) is 42.0 Å². The van der Waals surface area contributed by atoms with Crippen LogP contribution in [-0.2, 0) is 9.59 Å². The fourth-order valence-corrected chi connectivity index (χ4v) is 3.68. The quantitative estimate of drug-likeness (QED) is 0.680. The molecular weight excluding hydrogens is 446 g/mol. The Labute approximate surface area is 174 Å². The molecule has 10 heteroatoms. The van der Waals surface area contributed by atoms with Gasteiger partial charge >= 0.3 is 0 Å².